The van der Waals surface area contributed by atoms with Gasteiger partial charge >= 0.3 is 5.97 Å². The molecule has 4 rings (SSSR count). The van der Waals surface area contributed by atoms with Gasteiger partial charge in [-0.1, -0.05) is 35.5 Å². The van der Waals surface area contributed by atoms with Crippen molar-refractivity contribution in [3.8, 4) is 17.2 Å². The highest BCUT2D eigenvalue weighted by molar-refractivity contribution is 6.00. The fourth-order valence-corrected chi connectivity index (χ4v) is 3.59. The van der Waals surface area contributed by atoms with E-state index in [9.17, 15) is 9.90 Å². The molecule has 3 aromatic rings. The molecule has 0 spiro atoms. The Balaban J connectivity index is 1.28. The average molecular weight is 463 g/mol. The number of carboxylic acids is 1. The van der Waals surface area contributed by atoms with Gasteiger partial charge in [-0.25, -0.2) is 4.98 Å². The van der Waals surface area contributed by atoms with Gasteiger partial charge in [-0.05, 0) is 68.9 Å². The van der Waals surface area contributed by atoms with E-state index in [1.54, 1.807) is 6.92 Å². The first-order chi connectivity index (χ1) is 16.5. The van der Waals surface area contributed by atoms with Crippen LogP contribution in [0.25, 0.3) is 11.5 Å². The SMILES string of the molecule is C/C(=N/OCC1CC1)C(Cc1ccc(OCCc2nc(-c3ccccc3)oc2C)cc1)C(=O)O. The van der Waals surface area contributed by atoms with Gasteiger partial charge < -0.3 is 19.1 Å². The Kier molecular flexibility index (Phi) is 7.62. The Morgan fingerprint density at radius 3 is 2.59 bits per heavy atom. The van der Waals surface area contributed by atoms with Crippen molar-refractivity contribution in [2.45, 2.75) is 39.5 Å². The first-order valence-electron chi connectivity index (χ1n) is 11.6. The third-order valence-corrected chi connectivity index (χ3v) is 5.90. The second kappa shape index (κ2) is 11.0. The van der Waals surface area contributed by atoms with Crippen molar-refractivity contribution in [1.29, 1.82) is 0 Å². The second-order valence-electron chi connectivity index (χ2n) is 8.70. The van der Waals surface area contributed by atoms with Gasteiger partial charge in [-0.15, -0.1) is 0 Å². The van der Waals surface area contributed by atoms with Crippen LogP contribution >= 0.6 is 0 Å². The van der Waals surface area contributed by atoms with Crippen LogP contribution in [0.5, 0.6) is 5.75 Å². The lowest BCUT2D eigenvalue weighted by atomic mass is 9.95. The fourth-order valence-electron chi connectivity index (χ4n) is 3.59. The number of hydrogen-bond donors (Lipinski definition) is 1. The molecular weight excluding hydrogens is 432 g/mol. The maximum absolute atomic E-state index is 11.7. The molecule has 0 amide bonds. The van der Waals surface area contributed by atoms with Gasteiger partial charge in [0.25, 0.3) is 0 Å². The van der Waals surface area contributed by atoms with Crippen LogP contribution in [0.15, 0.2) is 64.2 Å². The number of hydrogen-bond acceptors (Lipinski definition) is 6. The average Bonchev–Trinajstić information content (AvgIpc) is 3.59. The fraction of sp³-hybridized carbons (Fsp3) is 0.370. The van der Waals surface area contributed by atoms with Crippen LogP contribution in [0.2, 0.25) is 0 Å². The molecule has 1 fully saturated rings. The molecule has 1 N–H and O–H groups in total. The zero-order chi connectivity index (χ0) is 23.9. The van der Waals surface area contributed by atoms with Crippen LogP contribution in [0.1, 0.15) is 36.8 Å². The minimum Gasteiger partial charge on any atom is -0.493 e. The number of oxazole rings is 1. The molecule has 1 heterocycles. The molecule has 7 heteroatoms. The smallest absolute Gasteiger partial charge is 0.312 e. The molecule has 7 nitrogen and oxygen atoms in total. The molecule has 0 aliphatic heterocycles. The van der Waals surface area contributed by atoms with Gasteiger partial charge in [0.2, 0.25) is 5.89 Å². The number of ether oxygens (including phenoxy) is 1. The van der Waals surface area contributed by atoms with Gasteiger partial charge in [0.15, 0.2) is 0 Å². The highest BCUT2D eigenvalue weighted by Crippen LogP contribution is 2.29. The van der Waals surface area contributed by atoms with Crippen LogP contribution in [-0.4, -0.2) is 35.0 Å². The number of aromatic nitrogens is 1. The molecule has 34 heavy (non-hydrogen) atoms. The zero-order valence-electron chi connectivity index (χ0n) is 19.6. The monoisotopic (exact) mass is 462 g/mol. The van der Waals surface area contributed by atoms with Gasteiger partial charge in [-0.3, -0.25) is 4.79 Å². The Hall–Kier alpha value is -3.61. The van der Waals surface area contributed by atoms with E-state index in [-0.39, 0.29) is 0 Å². The third kappa shape index (κ3) is 6.47. The molecule has 1 unspecified atom stereocenters. The third-order valence-electron chi connectivity index (χ3n) is 5.90. The second-order valence-corrected chi connectivity index (χ2v) is 8.70. The molecule has 1 aromatic heterocycles. The molecule has 1 atom stereocenters. The van der Waals surface area contributed by atoms with Crippen LogP contribution in [0.3, 0.4) is 0 Å². The van der Waals surface area contributed by atoms with E-state index >= 15 is 0 Å². The van der Waals surface area contributed by atoms with Gasteiger partial charge in [0.1, 0.15) is 24.0 Å². The number of benzene rings is 2. The number of oxime groups is 1. The topological polar surface area (TPSA) is 94.2 Å². The standard InChI is InChI=1S/C27H30N2O5/c1-18(29-33-17-21-8-9-21)24(27(30)31)16-20-10-12-23(13-11-20)32-15-14-25-19(2)34-26(28-25)22-6-4-3-5-7-22/h3-7,10-13,21,24H,8-9,14-17H2,1-2H3,(H,30,31)/b29-18-. The largest absolute Gasteiger partial charge is 0.493 e. The van der Waals surface area contributed by atoms with Crippen molar-refractivity contribution < 1.29 is 23.9 Å². The number of aliphatic carboxylic acids is 1. The summed E-state index contributed by atoms with van der Waals surface area (Å²) in [5.41, 5.74) is 3.20. The lowest BCUT2D eigenvalue weighted by Crippen LogP contribution is -2.24. The number of carboxylic acid groups (broad SMARTS) is 1. The van der Waals surface area contributed by atoms with Gasteiger partial charge in [0, 0.05) is 12.0 Å². The van der Waals surface area contributed by atoms with Crippen molar-refractivity contribution in [3.05, 3.63) is 71.6 Å². The molecule has 0 bridgehead atoms. The van der Waals surface area contributed by atoms with Crippen LogP contribution in [0.4, 0.5) is 0 Å². The van der Waals surface area contributed by atoms with E-state index in [1.807, 2.05) is 61.5 Å². The van der Waals surface area contributed by atoms with Gasteiger partial charge in [0.05, 0.1) is 18.0 Å². The predicted octanol–water partition coefficient (Wildman–Crippen LogP) is 5.32. The maximum atomic E-state index is 11.7. The molecular formula is C27H30N2O5. The zero-order valence-corrected chi connectivity index (χ0v) is 19.6. The predicted molar refractivity (Wildman–Crippen MR) is 129 cm³/mol. The van der Waals surface area contributed by atoms with E-state index < -0.39 is 11.9 Å². The molecule has 1 aliphatic carbocycles. The summed E-state index contributed by atoms with van der Waals surface area (Å²) in [5, 5.41) is 13.7. The molecule has 2 aromatic carbocycles. The van der Waals surface area contributed by atoms with E-state index in [0.29, 0.717) is 43.6 Å². The van der Waals surface area contributed by atoms with Gasteiger partial charge in [-0.2, -0.15) is 0 Å². The summed E-state index contributed by atoms with van der Waals surface area (Å²) in [6.07, 6.45) is 3.30. The number of aryl methyl sites for hydroxylation is 1. The maximum Gasteiger partial charge on any atom is 0.312 e. The van der Waals surface area contributed by atoms with Crippen LogP contribution in [0, 0.1) is 18.8 Å². The summed E-state index contributed by atoms with van der Waals surface area (Å²) in [6.45, 7) is 4.64. The van der Waals surface area contributed by atoms with Crippen molar-refractivity contribution in [2.75, 3.05) is 13.2 Å². The Morgan fingerprint density at radius 2 is 1.91 bits per heavy atom. The van der Waals surface area contributed by atoms with Crippen LogP contribution < -0.4 is 4.74 Å². The number of carbonyl (C=O) groups is 1. The quantitative estimate of drug-likeness (QED) is 0.289. The summed E-state index contributed by atoms with van der Waals surface area (Å²) >= 11 is 0. The first kappa shape index (κ1) is 23.5. The van der Waals surface area contributed by atoms with E-state index in [1.165, 1.54) is 0 Å². The Bertz CT molecular complexity index is 1120. The Labute approximate surface area is 199 Å². The highest BCUT2D eigenvalue weighted by Gasteiger charge is 2.24. The molecule has 1 aliphatic rings. The Morgan fingerprint density at radius 1 is 1.18 bits per heavy atom. The normalized spacial score (nSPS) is 14.6. The number of nitrogens with zero attached hydrogens (tertiary/aromatic N) is 2. The van der Waals surface area contributed by atoms with Crippen molar-refractivity contribution in [2.24, 2.45) is 17.0 Å². The number of rotatable bonds is 12. The summed E-state index contributed by atoms with van der Waals surface area (Å²) in [5.74, 6) is 1.07. The van der Waals surface area contributed by atoms with E-state index in [0.717, 1.165) is 41.2 Å². The summed E-state index contributed by atoms with van der Waals surface area (Å²) in [4.78, 5) is 21.7. The molecule has 0 radical (unpaired) electrons. The molecule has 1 saturated carbocycles. The molecule has 0 saturated heterocycles. The minimum absolute atomic E-state index is 0.345. The summed E-state index contributed by atoms with van der Waals surface area (Å²) in [7, 11) is 0. The summed E-state index contributed by atoms with van der Waals surface area (Å²) in [6, 6.07) is 17.3. The van der Waals surface area contributed by atoms with Crippen molar-refractivity contribution in [1.82, 2.24) is 4.98 Å². The van der Waals surface area contributed by atoms with E-state index in [4.69, 9.17) is 14.0 Å². The lowest BCUT2D eigenvalue weighted by Gasteiger charge is -2.13. The highest BCUT2D eigenvalue weighted by atomic mass is 16.6. The summed E-state index contributed by atoms with van der Waals surface area (Å²) < 4.78 is 11.7. The van der Waals surface area contributed by atoms with E-state index in [2.05, 4.69) is 10.1 Å². The van der Waals surface area contributed by atoms with Crippen molar-refractivity contribution >= 4 is 11.7 Å². The molecule has 178 valence electrons. The minimum atomic E-state index is -0.908. The van der Waals surface area contributed by atoms with Crippen molar-refractivity contribution in [3.63, 3.8) is 0 Å². The lowest BCUT2D eigenvalue weighted by molar-refractivity contribution is -0.139. The van der Waals surface area contributed by atoms with Crippen LogP contribution in [-0.2, 0) is 22.5 Å². The first-order valence-corrected chi connectivity index (χ1v) is 11.6.